The van der Waals surface area contributed by atoms with Gasteiger partial charge in [0.15, 0.2) is 11.5 Å². The molecule has 0 bridgehead atoms. The number of aromatic hydroxyl groups is 1. The van der Waals surface area contributed by atoms with Crippen LogP contribution in [0.4, 0.5) is 0 Å². The first-order valence-corrected chi connectivity index (χ1v) is 9.84. The normalized spacial score (nSPS) is 18.6. The molecule has 28 heavy (non-hydrogen) atoms. The molecule has 1 aliphatic heterocycles. The Bertz CT molecular complexity index is 764. The van der Waals surface area contributed by atoms with Crippen LogP contribution in [0.15, 0.2) is 54.6 Å². The Hall–Kier alpha value is -2.34. The number of benzene rings is 2. The summed E-state index contributed by atoms with van der Waals surface area (Å²) in [5.41, 5.74) is 2.32. The van der Waals surface area contributed by atoms with Crippen molar-refractivity contribution < 1.29 is 14.9 Å². The Kier molecular flexibility index (Phi) is 7.48. The molecule has 1 heterocycles. The minimum absolute atomic E-state index is 0.154. The second-order valence-electron chi connectivity index (χ2n) is 7.22. The summed E-state index contributed by atoms with van der Waals surface area (Å²) in [5.74, 6) is 0.640. The van der Waals surface area contributed by atoms with Crippen molar-refractivity contribution in [1.29, 1.82) is 0 Å². The van der Waals surface area contributed by atoms with Gasteiger partial charge in [-0.1, -0.05) is 48.6 Å². The van der Waals surface area contributed by atoms with E-state index in [1.807, 2.05) is 18.2 Å². The summed E-state index contributed by atoms with van der Waals surface area (Å²) in [6.07, 6.45) is 5.00. The summed E-state index contributed by atoms with van der Waals surface area (Å²) in [7, 11) is 1.55. The Labute approximate surface area is 167 Å². The van der Waals surface area contributed by atoms with Gasteiger partial charge in [-0.05, 0) is 29.7 Å². The molecule has 2 aromatic rings. The minimum Gasteiger partial charge on any atom is -0.504 e. The molecule has 0 aliphatic carbocycles. The van der Waals surface area contributed by atoms with Crippen LogP contribution in [0.25, 0.3) is 6.08 Å². The molecule has 0 aromatic heterocycles. The van der Waals surface area contributed by atoms with E-state index in [1.165, 1.54) is 5.56 Å². The molecule has 0 amide bonds. The van der Waals surface area contributed by atoms with E-state index in [4.69, 9.17) is 4.74 Å². The fourth-order valence-electron chi connectivity index (χ4n) is 3.71. The summed E-state index contributed by atoms with van der Waals surface area (Å²) in [6, 6.07) is 16.3. The van der Waals surface area contributed by atoms with Gasteiger partial charge in [0.25, 0.3) is 0 Å². The quantitative estimate of drug-likeness (QED) is 0.735. The summed E-state index contributed by atoms with van der Waals surface area (Å²) in [6.45, 7) is 4.98. The highest BCUT2D eigenvalue weighted by Gasteiger charge is 2.25. The van der Waals surface area contributed by atoms with Crippen molar-refractivity contribution in [2.75, 3.05) is 39.9 Å². The molecule has 0 saturated carbocycles. The molecule has 1 fully saturated rings. The first-order valence-electron chi connectivity index (χ1n) is 9.84. The van der Waals surface area contributed by atoms with Crippen LogP contribution in [0, 0.1) is 0 Å². The van der Waals surface area contributed by atoms with Crippen molar-refractivity contribution in [3.63, 3.8) is 0 Å². The standard InChI is InChI=1S/C23H30N2O3/c1-28-23-16-19(9-10-22(23)27)8-5-12-24-13-14-25(21(18-24)11-15-26)17-20-6-3-2-4-7-20/h2-10,16,21,26-27H,11-15,17-18H2,1H3/b8-5+/t21-/m1/s1. The maximum atomic E-state index is 9.69. The van der Waals surface area contributed by atoms with Gasteiger partial charge < -0.3 is 14.9 Å². The zero-order valence-corrected chi connectivity index (χ0v) is 16.5. The predicted octanol–water partition coefficient (Wildman–Crippen LogP) is 2.98. The van der Waals surface area contributed by atoms with Crippen molar-refractivity contribution in [3.8, 4) is 11.5 Å². The number of nitrogens with zero attached hydrogens (tertiary/aromatic N) is 2. The second-order valence-corrected chi connectivity index (χ2v) is 7.22. The van der Waals surface area contributed by atoms with E-state index in [0.29, 0.717) is 11.8 Å². The van der Waals surface area contributed by atoms with Crippen LogP contribution in [0.1, 0.15) is 17.5 Å². The molecular formula is C23H30N2O3. The van der Waals surface area contributed by atoms with Gasteiger partial charge in [-0.2, -0.15) is 0 Å². The average Bonchev–Trinajstić information content (AvgIpc) is 2.72. The number of phenols is 1. The monoisotopic (exact) mass is 382 g/mol. The van der Waals surface area contributed by atoms with Crippen molar-refractivity contribution in [2.24, 2.45) is 0 Å². The Balaban J connectivity index is 1.56. The van der Waals surface area contributed by atoms with E-state index in [2.05, 4.69) is 46.2 Å². The van der Waals surface area contributed by atoms with Gasteiger partial charge in [0, 0.05) is 45.4 Å². The van der Waals surface area contributed by atoms with Gasteiger partial charge >= 0.3 is 0 Å². The average molecular weight is 383 g/mol. The van der Waals surface area contributed by atoms with Crippen LogP contribution in [-0.2, 0) is 6.54 Å². The summed E-state index contributed by atoms with van der Waals surface area (Å²) >= 11 is 0. The van der Waals surface area contributed by atoms with Crippen LogP contribution >= 0.6 is 0 Å². The Morgan fingerprint density at radius 1 is 1.14 bits per heavy atom. The van der Waals surface area contributed by atoms with E-state index in [0.717, 1.165) is 44.7 Å². The van der Waals surface area contributed by atoms with Crippen molar-refractivity contribution >= 4 is 6.08 Å². The maximum Gasteiger partial charge on any atom is 0.161 e. The topological polar surface area (TPSA) is 56.2 Å². The molecule has 1 aliphatic rings. The zero-order valence-electron chi connectivity index (χ0n) is 16.5. The van der Waals surface area contributed by atoms with Crippen LogP contribution in [0.5, 0.6) is 11.5 Å². The number of phenolic OH excluding ortho intramolecular Hbond substituents is 1. The number of methoxy groups -OCH3 is 1. The largest absolute Gasteiger partial charge is 0.504 e. The lowest BCUT2D eigenvalue weighted by molar-refractivity contribution is 0.0597. The van der Waals surface area contributed by atoms with Gasteiger partial charge in [-0.3, -0.25) is 9.80 Å². The maximum absolute atomic E-state index is 9.69. The molecule has 1 saturated heterocycles. The molecule has 5 nitrogen and oxygen atoms in total. The smallest absolute Gasteiger partial charge is 0.161 e. The third-order valence-electron chi connectivity index (χ3n) is 5.26. The van der Waals surface area contributed by atoms with Gasteiger partial charge in [0.1, 0.15) is 0 Å². The first kappa shape index (κ1) is 20.4. The Morgan fingerprint density at radius 3 is 2.71 bits per heavy atom. The third kappa shape index (κ3) is 5.58. The number of hydrogen-bond acceptors (Lipinski definition) is 5. The number of aliphatic hydroxyl groups excluding tert-OH is 1. The van der Waals surface area contributed by atoms with E-state index in [9.17, 15) is 10.2 Å². The highest BCUT2D eigenvalue weighted by molar-refractivity contribution is 5.55. The highest BCUT2D eigenvalue weighted by Crippen LogP contribution is 2.26. The zero-order chi connectivity index (χ0) is 19.8. The fraction of sp³-hybridized carbons (Fsp3) is 0.391. The van der Waals surface area contributed by atoms with Gasteiger partial charge in [0.05, 0.1) is 7.11 Å². The van der Waals surface area contributed by atoms with E-state index in [-0.39, 0.29) is 12.4 Å². The predicted molar refractivity (Wildman–Crippen MR) is 112 cm³/mol. The van der Waals surface area contributed by atoms with Crippen LogP contribution in [0.3, 0.4) is 0 Å². The van der Waals surface area contributed by atoms with Gasteiger partial charge in [-0.15, -0.1) is 0 Å². The van der Waals surface area contributed by atoms with Crippen LogP contribution in [0.2, 0.25) is 0 Å². The van der Waals surface area contributed by atoms with Crippen molar-refractivity contribution in [1.82, 2.24) is 9.80 Å². The van der Waals surface area contributed by atoms with E-state index < -0.39 is 0 Å². The molecule has 5 heteroatoms. The van der Waals surface area contributed by atoms with Gasteiger partial charge in [0.2, 0.25) is 0 Å². The Morgan fingerprint density at radius 2 is 1.96 bits per heavy atom. The molecule has 2 N–H and O–H groups in total. The minimum atomic E-state index is 0.154. The van der Waals surface area contributed by atoms with Crippen LogP contribution < -0.4 is 4.74 Å². The molecular weight excluding hydrogens is 352 g/mol. The number of ether oxygens (including phenoxy) is 1. The molecule has 0 radical (unpaired) electrons. The molecule has 1 atom stereocenters. The van der Waals surface area contributed by atoms with Crippen LogP contribution in [-0.4, -0.2) is 66.0 Å². The first-order chi connectivity index (χ1) is 13.7. The lowest BCUT2D eigenvalue weighted by Crippen LogP contribution is -2.52. The number of piperazine rings is 1. The molecule has 0 unspecified atom stereocenters. The highest BCUT2D eigenvalue weighted by atomic mass is 16.5. The SMILES string of the molecule is COc1cc(/C=C/CN2CCN(Cc3ccccc3)[C@H](CCO)C2)ccc1O. The molecule has 0 spiro atoms. The number of hydrogen-bond donors (Lipinski definition) is 2. The summed E-state index contributed by atoms with van der Waals surface area (Å²) < 4.78 is 5.16. The number of rotatable bonds is 8. The third-order valence-corrected chi connectivity index (χ3v) is 5.26. The molecule has 3 rings (SSSR count). The lowest BCUT2D eigenvalue weighted by Gasteiger charge is -2.41. The second kappa shape index (κ2) is 10.3. The van der Waals surface area contributed by atoms with Crippen molar-refractivity contribution in [2.45, 2.75) is 19.0 Å². The molecule has 2 aromatic carbocycles. The lowest BCUT2D eigenvalue weighted by atomic mass is 10.1. The summed E-state index contributed by atoms with van der Waals surface area (Å²) in [5, 5.41) is 19.2. The number of aliphatic hydroxyl groups is 1. The summed E-state index contributed by atoms with van der Waals surface area (Å²) in [4.78, 5) is 4.91. The van der Waals surface area contributed by atoms with Gasteiger partial charge in [-0.25, -0.2) is 0 Å². The fourth-order valence-corrected chi connectivity index (χ4v) is 3.71. The van der Waals surface area contributed by atoms with E-state index in [1.54, 1.807) is 13.2 Å². The molecule has 150 valence electrons. The van der Waals surface area contributed by atoms with E-state index >= 15 is 0 Å². The van der Waals surface area contributed by atoms with Crippen molar-refractivity contribution in [3.05, 3.63) is 65.7 Å².